The van der Waals surface area contributed by atoms with Gasteiger partial charge in [0.25, 0.3) is 0 Å². The van der Waals surface area contributed by atoms with Gasteiger partial charge in [-0.2, -0.15) is 0 Å². The zero-order chi connectivity index (χ0) is 29.8. The molecule has 0 aromatic heterocycles. The predicted molar refractivity (Wildman–Crippen MR) is 146 cm³/mol. The zero-order valence-corrected chi connectivity index (χ0v) is 22.5. The van der Waals surface area contributed by atoms with Crippen LogP contribution < -0.4 is 0 Å². The summed E-state index contributed by atoms with van der Waals surface area (Å²) >= 11 is 0. The van der Waals surface area contributed by atoms with E-state index in [0.29, 0.717) is 17.8 Å². The molecule has 0 atom stereocenters. The van der Waals surface area contributed by atoms with Crippen molar-refractivity contribution >= 4 is 30.0 Å². The highest BCUT2D eigenvalue weighted by atomic mass is 16.5. The lowest BCUT2D eigenvalue weighted by Gasteiger charge is -1.99. The van der Waals surface area contributed by atoms with Crippen molar-refractivity contribution in [2.75, 3.05) is 26.9 Å². The molecule has 0 bridgehead atoms. The van der Waals surface area contributed by atoms with E-state index in [2.05, 4.69) is 47.1 Å². The number of methoxy groups -OCH3 is 1. The molecule has 0 amide bonds. The highest BCUT2D eigenvalue weighted by Crippen LogP contribution is 1.97. The standard InChI is InChI=1S/C8H8.C6H10O3.2C5H8O2.C4H6O2/c1-2-8-6-4-3-5-7-8;1-5(2)6(8)9-4-3-7;1-4(2)5(6)7-3;1-3-5(6)7-4-2;1-3(2)4(5)6/h2-7H,1H2;7H,1,3-4H2,2H3;1H2,2-3H3;3H,1,4H2,2H3;1H2,2H3,(H,5,6). The van der Waals surface area contributed by atoms with E-state index in [1.165, 1.54) is 19.6 Å². The van der Waals surface area contributed by atoms with Crippen molar-refractivity contribution in [2.45, 2.75) is 27.7 Å². The first-order valence-corrected chi connectivity index (χ1v) is 10.8. The van der Waals surface area contributed by atoms with Crippen LogP contribution in [0.3, 0.4) is 0 Å². The number of carboxylic acid groups (broad SMARTS) is 1. The summed E-state index contributed by atoms with van der Waals surface area (Å²) in [6.07, 6.45) is 2.98. The van der Waals surface area contributed by atoms with Crippen LogP contribution in [0.5, 0.6) is 0 Å². The Kier molecular flexibility index (Phi) is 30.2. The van der Waals surface area contributed by atoms with Crippen molar-refractivity contribution in [3.8, 4) is 0 Å². The van der Waals surface area contributed by atoms with Crippen LogP contribution in [0.25, 0.3) is 6.08 Å². The van der Waals surface area contributed by atoms with E-state index in [-0.39, 0.29) is 30.7 Å². The monoisotopic (exact) mass is 520 g/mol. The number of aliphatic carboxylic acids is 1. The van der Waals surface area contributed by atoms with Crippen LogP contribution >= 0.6 is 0 Å². The van der Waals surface area contributed by atoms with Gasteiger partial charge in [0.05, 0.1) is 20.3 Å². The molecule has 0 fully saturated rings. The lowest BCUT2D eigenvalue weighted by atomic mass is 10.2. The predicted octanol–water partition coefficient (Wildman–Crippen LogP) is 4.55. The van der Waals surface area contributed by atoms with Gasteiger partial charge >= 0.3 is 23.9 Å². The van der Waals surface area contributed by atoms with Crippen molar-refractivity contribution < 1.29 is 43.6 Å². The third-order valence-corrected chi connectivity index (χ3v) is 3.06. The Bertz CT molecular complexity index is 855. The van der Waals surface area contributed by atoms with Gasteiger partial charge in [0.1, 0.15) is 6.61 Å². The van der Waals surface area contributed by atoms with Crippen molar-refractivity contribution in [3.05, 3.63) is 91.6 Å². The number of hydrogen-bond donors (Lipinski definition) is 2. The van der Waals surface area contributed by atoms with E-state index in [9.17, 15) is 19.2 Å². The minimum Gasteiger partial charge on any atom is -0.478 e. The van der Waals surface area contributed by atoms with E-state index in [0.717, 1.165) is 6.08 Å². The van der Waals surface area contributed by atoms with E-state index >= 15 is 0 Å². The Labute approximate surface area is 220 Å². The molecule has 9 nitrogen and oxygen atoms in total. The van der Waals surface area contributed by atoms with Crippen LogP contribution in [0.4, 0.5) is 0 Å². The van der Waals surface area contributed by atoms with Gasteiger partial charge in [-0.1, -0.05) is 69.3 Å². The molecular weight excluding hydrogens is 480 g/mol. The summed E-state index contributed by atoms with van der Waals surface area (Å²) < 4.78 is 13.2. The molecule has 37 heavy (non-hydrogen) atoms. The molecule has 1 aromatic carbocycles. The van der Waals surface area contributed by atoms with Gasteiger partial charge in [0.2, 0.25) is 0 Å². The molecule has 0 aliphatic heterocycles. The number of aliphatic hydroxyl groups excluding tert-OH is 1. The maximum Gasteiger partial charge on any atom is 0.333 e. The van der Waals surface area contributed by atoms with Crippen LogP contribution in [-0.2, 0) is 33.4 Å². The Morgan fingerprint density at radius 2 is 1.32 bits per heavy atom. The molecule has 0 unspecified atom stereocenters. The molecule has 0 heterocycles. The number of carbonyl (C=O) groups is 4. The molecule has 1 aromatic rings. The lowest BCUT2D eigenvalue weighted by Crippen LogP contribution is -2.08. The van der Waals surface area contributed by atoms with Crippen LogP contribution in [0.1, 0.15) is 33.3 Å². The van der Waals surface area contributed by atoms with Crippen molar-refractivity contribution in [1.29, 1.82) is 0 Å². The number of aliphatic hydroxyl groups is 1. The maximum atomic E-state index is 10.5. The minimum absolute atomic E-state index is 0.0473. The third kappa shape index (κ3) is 34.0. The average molecular weight is 521 g/mol. The maximum absolute atomic E-state index is 10.5. The zero-order valence-electron chi connectivity index (χ0n) is 22.5. The first-order valence-electron chi connectivity index (χ1n) is 10.8. The molecule has 0 spiro atoms. The topological polar surface area (TPSA) is 136 Å². The fraction of sp³-hybridized carbons (Fsp3) is 0.286. The van der Waals surface area contributed by atoms with Crippen LogP contribution in [-0.4, -0.2) is 61.0 Å². The molecular formula is C28H40O9. The number of carbonyl (C=O) groups excluding carboxylic acids is 3. The van der Waals surface area contributed by atoms with E-state index in [1.807, 2.05) is 36.4 Å². The highest BCUT2D eigenvalue weighted by molar-refractivity contribution is 5.87. The average Bonchev–Trinajstić information content (AvgIpc) is 2.88. The summed E-state index contributed by atoms with van der Waals surface area (Å²) in [5.74, 6) is -2.10. The van der Waals surface area contributed by atoms with E-state index in [1.54, 1.807) is 20.8 Å². The first-order chi connectivity index (χ1) is 17.2. The number of carboxylic acids is 1. The quantitative estimate of drug-likeness (QED) is 0.287. The Hall–Kier alpha value is -4.24. The van der Waals surface area contributed by atoms with Crippen molar-refractivity contribution in [2.24, 2.45) is 0 Å². The first kappa shape index (κ1) is 40.0. The summed E-state index contributed by atoms with van der Waals surface area (Å²) in [6.45, 7) is 23.4. The van der Waals surface area contributed by atoms with Crippen LogP contribution in [0.15, 0.2) is 86.0 Å². The second kappa shape index (κ2) is 28.0. The van der Waals surface area contributed by atoms with E-state index in [4.69, 9.17) is 10.2 Å². The van der Waals surface area contributed by atoms with Gasteiger partial charge in [-0.25, -0.2) is 19.2 Å². The molecule has 0 aliphatic carbocycles. The largest absolute Gasteiger partial charge is 0.478 e. The Morgan fingerprint density at radius 3 is 1.51 bits per heavy atom. The van der Waals surface area contributed by atoms with Gasteiger partial charge in [0, 0.05) is 22.8 Å². The normalized spacial score (nSPS) is 8.05. The van der Waals surface area contributed by atoms with Gasteiger partial charge < -0.3 is 24.4 Å². The summed E-state index contributed by atoms with van der Waals surface area (Å²) in [4.78, 5) is 40.3. The fourth-order valence-electron chi connectivity index (χ4n) is 1.23. The molecule has 2 N–H and O–H groups in total. The molecule has 0 saturated carbocycles. The van der Waals surface area contributed by atoms with Gasteiger partial charge in [-0.05, 0) is 33.3 Å². The number of benzene rings is 1. The number of ether oxygens (including phenoxy) is 3. The van der Waals surface area contributed by atoms with Crippen molar-refractivity contribution in [1.82, 2.24) is 0 Å². The molecule has 0 aliphatic rings. The van der Waals surface area contributed by atoms with Gasteiger partial charge in [0.15, 0.2) is 0 Å². The second-order valence-corrected chi connectivity index (χ2v) is 6.57. The highest BCUT2D eigenvalue weighted by Gasteiger charge is 2.00. The SMILES string of the molecule is C=C(C)C(=O)O.C=C(C)C(=O)OC.C=C(C)C(=O)OCCO.C=CC(=O)OCC.C=Cc1ccccc1. The fourth-order valence-corrected chi connectivity index (χ4v) is 1.23. The smallest absolute Gasteiger partial charge is 0.333 e. The number of hydrogen-bond acceptors (Lipinski definition) is 8. The number of rotatable bonds is 8. The summed E-state index contributed by atoms with van der Waals surface area (Å²) in [7, 11) is 1.33. The summed E-state index contributed by atoms with van der Waals surface area (Å²) in [6, 6.07) is 10.0. The van der Waals surface area contributed by atoms with Gasteiger partial charge in [-0.15, -0.1) is 0 Å². The van der Waals surface area contributed by atoms with Crippen LogP contribution in [0, 0.1) is 0 Å². The second-order valence-electron chi connectivity index (χ2n) is 6.57. The number of esters is 3. The molecule has 1 rings (SSSR count). The van der Waals surface area contributed by atoms with Crippen LogP contribution in [0.2, 0.25) is 0 Å². The molecule has 206 valence electrons. The third-order valence-electron chi connectivity index (χ3n) is 3.06. The lowest BCUT2D eigenvalue weighted by molar-refractivity contribution is -0.140. The van der Waals surface area contributed by atoms with Gasteiger partial charge in [-0.3, -0.25) is 0 Å². The summed E-state index contributed by atoms with van der Waals surface area (Å²) in [5, 5.41) is 16.1. The minimum atomic E-state index is -0.935. The Morgan fingerprint density at radius 1 is 0.865 bits per heavy atom. The van der Waals surface area contributed by atoms with Crippen molar-refractivity contribution in [3.63, 3.8) is 0 Å². The molecule has 0 radical (unpaired) electrons. The van der Waals surface area contributed by atoms with E-state index < -0.39 is 11.9 Å². The molecule has 0 saturated heterocycles. The molecule has 9 heteroatoms. The summed E-state index contributed by atoms with van der Waals surface area (Å²) in [5.41, 5.74) is 2.13. The Balaban J connectivity index is -0.000000185.